The Bertz CT molecular complexity index is 946. The van der Waals surface area contributed by atoms with Crippen LogP contribution in [0.2, 0.25) is 0 Å². The molecule has 0 spiro atoms. The van der Waals surface area contributed by atoms with Crippen LogP contribution in [0.5, 0.6) is 0 Å². The number of carbonyl (C=O) groups is 2. The largest absolute Gasteiger partial charge is 0.365 e. The highest BCUT2D eigenvalue weighted by molar-refractivity contribution is 7.20. The molecule has 25 heavy (non-hydrogen) atoms. The molecule has 0 saturated heterocycles. The van der Waals surface area contributed by atoms with E-state index in [1.165, 1.54) is 0 Å². The van der Waals surface area contributed by atoms with E-state index in [9.17, 15) is 9.59 Å². The van der Waals surface area contributed by atoms with Gasteiger partial charge in [0.15, 0.2) is 10.8 Å². The van der Waals surface area contributed by atoms with E-state index in [-0.39, 0.29) is 11.6 Å². The molecule has 0 bridgehead atoms. The van der Waals surface area contributed by atoms with Crippen LogP contribution < -0.4 is 16.4 Å². The molecule has 9 heteroatoms. The van der Waals surface area contributed by atoms with Gasteiger partial charge in [-0.3, -0.25) is 9.59 Å². The summed E-state index contributed by atoms with van der Waals surface area (Å²) in [6.07, 6.45) is 3.47. The highest BCUT2D eigenvalue weighted by atomic mass is 32.1. The van der Waals surface area contributed by atoms with Crippen LogP contribution in [0, 0.1) is 0 Å². The van der Waals surface area contributed by atoms with Crippen molar-refractivity contribution >= 4 is 33.3 Å². The predicted octanol–water partition coefficient (Wildman–Crippen LogP) is 1.94. The number of thiazole rings is 1. The number of aromatic nitrogens is 3. The minimum atomic E-state index is -0.703. The lowest BCUT2D eigenvalue weighted by atomic mass is 10.1. The van der Waals surface area contributed by atoms with Crippen LogP contribution >= 0.6 is 11.3 Å². The van der Waals surface area contributed by atoms with E-state index in [0.29, 0.717) is 27.1 Å². The second-order valence-corrected chi connectivity index (χ2v) is 6.17. The Kier molecular flexibility index (Phi) is 4.48. The molecule has 0 saturated carbocycles. The van der Waals surface area contributed by atoms with Crippen LogP contribution in [-0.4, -0.2) is 33.4 Å². The zero-order valence-corrected chi connectivity index (χ0v) is 14.4. The lowest BCUT2D eigenvalue weighted by molar-refractivity contribution is 0.0997. The van der Waals surface area contributed by atoms with Crippen molar-refractivity contribution in [1.82, 2.24) is 14.5 Å². The van der Waals surface area contributed by atoms with E-state index >= 15 is 0 Å². The molecule has 4 N–H and O–H groups in total. The van der Waals surface area contributed by atoms with Gasteiger partial charge in [0.1, 0.15) is 10.8 Å². The number of rotatable bonds is 5. The molecule has 0 aliphatic rings. The molecule has 3 aromatic rings. The summed E-state index contributed by atoms with van der Waals surface area (Å²) in [7, 11) is 3.52. The standard InChI is InChI=1S/C16H16N6O2S/c1-18-16-20-11(12(17)23)15(25-16)21-14(24)10-6-4-3-5-9(10)13-19-7-8-22(13)2/h3-8H,1-2H3,(H2,17,23)(H,18,20)(H,21,24). The van der Waals surface area contributed by atoms with Gasteiger partial charge in [-0.2, -0.15) is 0 Å². The molecule has 2 aromatic heterocycles. The lowest BCUT2D eigenvalue weighted by Gasteiger charge is -2.09. The molecular formula is C16H16N6O2S. The first kappa shape index (κ1) is 16.7. The van der Waals surface area contributed by atoms with Crippen molar-refractivity contribution < 1.29 is 9.59 Å². The zero-order valence-electron chi connectivity index (χ0n) is 13.6. The third kappa shape index (κ3) is 3.22. The molecule has 0 aliphatic carbocycles. The van der Waals surface area contributed by atoms with Gasteiger partial charge in [0.05, 0.1) is 5.56 Å². The van der Waals surface area contributed by atoms with Crippen molar-refractivity contribution in [3.63, 3.8) is 0 Å². The Hall–Kier alpha value is -3.20. The normalized spacial score (nSPS) is 10.5. The van der Waals surface area contributed by atoms with Crippen molar-refractivity contribution in [3.8, 4) is 11.4 Å². The van der Waals surface area contributed by atoms with Crippen LogP contribution in [0.3, 0.4) is 0 Å². The fraction of sp³-hybridized carbons (Fsp3) is 0.125. The quantitative estimate of drug-likeness (QED) is 0.646. The van der Waals surface area contributed by atoms with E-state index < -0.39 is 5.91 Å². The van der Waals surface area contributed by atoms with Gasteiger partial charge >= 0.3 is 0 Å². The highest BCUT2D eigenvalue weighted by Gasteiger charge is 2.20. The van der Waals surface area contributed by atoms with Crippen molar-refractivity contribution in [1.29, 1.82) is 0 Å². The van der Waals surface area contributed by atoms with Crippen molar-refractivity contribution in [2.24, 2.45) is 12.8 Å². The van der Waals surface area contributed by atoms with Gasteiger partial charge in [-0.1, -0.05) is 29.5 Å². The summed E-state index contributed by atoms with van der Waals surface area (Å²) in [6.45, 7) is 0. The van der Waals surface area contributed by atoms with Gasteiger partial charge in [-0.15, -0.1) is 0 Å². The maximum Gasteiger partial charge on any atom is 0.270 e. The molecule has 0 unspecified atom stereocenters. The molecule has 8 nitrogen and oxygen atoms in total. The summed E-state index contributed by atoms with van der Waals surface area (Å²) in [6, 6.07) is 7.12. The van der Waals surface area contributed by atoms with E-state index in [0.717, 1.165) is 11.3 Å². The minimum absolute atomic E-state index is 0.0252. The molecule has 128 valence electrons. The number of nitrogens with one attached hydrogen (secondary N) is 2. The fourth-order valence-electron chi connectivity index (χ4n) is 2.35. The van der Waals surface area contributed by atoms with Crippen LogP contribution in [0.25, 0.3) is 11.4 Å². The molecular weight excluding hydrogens is 340 g/mol. The maximum atomic E-state index is 12.8. The van der Waals surface area contributed by atoms with Gasteiger partial charge in [-0.25, -0.2) is 9.97 Å². The Labute approximate surface area is 147 Å². The fourth-order valence-corrected chi connectivity index (χ4v) is 3.17. The number of benzene rings is 1. The second-order valence-electron chi connectivity index (χ2n) is 5.17. The third-order valence-electron chi connectivity index (χ3n) is 3.54. The number of amides is 2. The molecule has 2 heterocycles. The smallest absolute Gasteiger partial charge is 0.270 e. The number of nitrogens with zero attached hydrogens (tertiary/aromatic N) is 3. The zero-order chi connectivity index (χ0) is 18.0. The summed E-state index contributed by atoms with van der Waals surface area (Å²) in [5.74, 6) is -0.404. The van der Waals surface area contributed by atoms with Gasteiger partial charge in [0.2, 0.25) is 0 Å². The summed E-state index contributed by atoms with van der Waals surface area (Å²) in [5.41, 5.74) is 6.49. The van der Waals surface area contributed by atoms with Crippen LogP contribution in [0.15, 0.2) is 36.7 Å². The number of nitrogens with two attached hydrogens (primary N) is 1. The minimum Gasteiger partial charge on any atom is -0.365 e. The molecule has 1 aromatic carbocycles. The summed E-state index contributed by atoms with van der Waals surface area (Å²) in [4.78, 5) is 32.7. The number of aryl methyl sites for hydroxylation is 1. The van der Waals surface area contributed by atoms with Gasteiger partial charge in [0, 0.05) is 32.1 Å². The van der Waals surface area contributed by atoms with Crippen molar-refractivity contribution in [2.45, 2.75) is 0 Å². The van der Waals surface area contributed by atoms with Crippen molar-refractivity contribution in [3.05, 3.63) is 47.9 Å². The van der Waals surface area contributed by atoms with Gasteiger partial charge in [0.25, 0.3) is 11.8 Å². The number of primary amides is 1. The third-order valence-corrected chi connectivity index (χ3v) is 4.52. The number of anilines is 2. The van der Waals surface area contributed by atoms with Crippen LogP contribution in [0.4, 0.5) is 10.1 Å². The average Bonchev–Trinajstić information content (AvgIpc) is 3.21. The maximum absolute atomic E-state index is 12.8. The predicted molar refractivity (Wildman–Crippen MR) is 96.8 cm³/mol. The number of imidazole rings is 1. The van der Waals surface area contributed by atoms with Gasteiger partial charge in [-0.05, 0) is 6.07 Å². The molecule has 0 aliphatic heterocycles. The SMILES string of the molecule is CNc1nc(C(N)=O)c(NC(=O)c2ccccc2-c2nccn2C)s1. The molecule has 2 amide bonds. The van der Waals surface area contributed by atoms with Crippen LogP contribution in [0.1, 0.15) is 20.8 Å². The van der Waals surface area contributed by atoms with Gasteiger partial charge < -0.3 is 20.9 Å². The molecule has 0 atom stereocenters. The van der Waals surface area contributed by atoms with Crippen LogP contribution in [-0.2, 0) is 7.05 Å². The first-order valence-corrected chi connectivity index (χ1v) is 8.19. The number of hydrogen-bond donors (Lipinski definition) is 3. The lowest BCUT2D eigenvalue weighted by Crippen LogP contribution is -2.18. The Morgan fingerprint density at radius 2 is 2.04 bits per heavy atom. The monoisotopic (exact) mass is 356 g/mol. The van der Waals surface area contributed by atoms with E-state index in [4.69, 9.17) is 5.73 Å². The van der Waals surface area contributed by atoms with E-state index in [1.807, 2.05) is 23.7 Å². The van der Waals surface area contributed by atoms with E-state index in [1.54, 1.807) is 31.6 Å². The van der Waals surface area contributed by atoms with Crippen molar-refractivity contribution in [2.75, 3.05) is 17.7 Å². The molecule has 0 radical (unpaired) electrons. The summed E-state index contributed by atoms with van der Waals surface area (Å²) in [5, 5.41) is 6.35. The topological polar surface area (TPSA) is 115 Å². The average molecular weight is 356 g/mol. The molecule has 3 rings (SSSR count). The first-order valence-electron chi connectivity index (χ1n) is 7.37. The number of hydrogen-bond acceptors (Lipinski definition) is 6. The Morgan fingerprint density at radius 1 is 1.28 bits per heavy atom. The Balaban J connectivity index is 1.97. The van der Waals surface area contributed by atoms with E-state index in [2.05, 4.69) is 20.6 Å². The number of carbonyl (C=O) groups excluding carboxylic acids is 2. The molecule has 0 fully saturated rings. The highest BCUT2D eigenvalue weighted by Crippen LogP contribution is 2.29. The second kappa shape index (κ2) is 6.73. The summed E-state index contributed by atoms with van der Waals surface area (Å²) < 4.78 is 1.83. The first-order chi connectivity index (χ1) is 12.0. The Morgan fingerprint density at radius 3 is 2.68 bits per heavy atom. The summed E-state index contributed by atoms with van der Waals surface area (Å²) >= 11 is 1.14.